The molecule has 0 unspecified atom stereocenters. The summed E-state index contributed by atoms with van der Waals surface area (Å²) >= 11 is 0. The van der Waals surface area contributed by atoms with E-state index in [2.05, 4.69) is 10.6 Å². The second-order valence-corrected chi connectivity index (χ2v) is 6.70. The first kappa shape index (κ1) is 21.6. The Morgan fingerprint density at radius 2 is 1.55 bits per heavy atom. The van der Waals surface area contributed by atoms with Gasteiger partial charge in [0, 0.05) is 19.3 Å². The lowest BCUT2D eigenvalue weighted by Crippen LogP contribution is -2.46. The van der Waals surface area contributed by atoms with Crippen molar-refractivity contribution in [3.8, 4) is 6.07 Å². The standard InChI is InChI=1S/C22H24N4O3/c1-15(16-7-3-2-4-8-16)25-20(27)11-12-21(28)26-19(22(24)29)13-17-9-5-6-10-18(17)14-23/h2-10,15,19H,11-13H2,1H3,(H2,24,29)(H,25,27)(H,26,28)/t15-,19+/m1/s1. The highest BCUT2D eigenvalue weighted by molar-refractivity contribution is 5.89. The van der Waals surface area contributed by atoms with E-state index >= 15 is 0 Å². The fraction of sp³-hybridized carbons (Fsp3) is 0.273. The Hall–Kier alpha value is -3.66. The zero-order chi connectivity index (χ0) is 21.2. The van der Waals surface area contributed by atoms with E-state index in [0.717, 1.165) is 5.56 Å². The highest BCUT2D eigenvalue weighted by Crippen LogP contribution is 2.12. The molecular weight excluding hydrogens is 368 g/mol. The van der Waals surface area contributed by atoms with E-state index in [0.29, 0.717) is 11.1 Å². The van der Waals surface area contributed by atoms with Crippen molar-refractivity contribution in [1.82, 2.24) is 10.6 Å². The highest BCUT2D eigenvalue weighted by atomic mass is 16.2. The monoisotopic (exact) mass is 392 g/mol. The van der Waals surface area contributed by atoms with Crippen LogP contribution in [0.25, 0.3) is 0 Å². The quantitative estimate of drug-likeness (QED) is 0.601. The van der Waals surface area contributed by atoms with Crippen LogP contribution >= 0.6 is 0 Å². The summed E-state index contributed by atoms with van der Waals surface area (Å²) in [6.45, 7) is 1.86. The molecule has 2 atom stereocenters. The molecule has 7 heteroatoms. The molecule has 0 aliphatic carbocycles. The molecule has 29 heavy (non-hydrogen) atoms. The molecule has 0 bridgehead atoms. The lowest BCUT2D eigenvalue weighted by atomic mass is 10.0. The Morgan fingerprint density at radius 1 is 0.966 bits per heavy atom. The second-order valence-electron chi connectivity index (χ2n) is 6.70. The van der Waals surface area contributed by atoms with Gasteiger partial charge in [-0.25, -0.2) is 0 Å². The number of carbonyl (C=O) groups is 3. The first-order valence-electron chi connectivity index (χ1n) is 9.31. The molecule has 2 aromatic carbocycles. The molecule has 2 aromatic rings. The minimum atomic E-state index is -0.955. The van der Waals surface area contributed by atoms with Crippen LogP contribution in [0.2, 0.25) is 0 Å². The van der Waals surface area contributed by atoms with Crippen molar-refractivity contribution >= 4 is 17.7 Å². The van der Waals surface area contributed by atoms with Gasteiger partial charge in [0.25, 0.3) is 0 Å². The summed E-state index contributed by atoms with van der Waals surface area (Å²) in [5, 5.41) is 14.5. The van der Waals surface area contributed by atoms with Crippen molar-refractivity contribution in [2.45, 2.75) is 38.3 Å². The maximum Gasteiger partial charge on any atom is 0.240 e. The van der Waals surface area contributed by atoms with E-state index in [9.17, 15) is 14.4 Å². The molecule has 0 saturated heterocycles. The summed E-state index contributed by atoms with van der Waals surface area (Å²) in [4.78, 5) is 36.0. The number of nitrogens with zero attached hydrogens (tertiary/aromatic N) is 1. The number of nitrogens with two attached hydrogens (primary N) is 1. The molecule has 0 fully saturated rings. The van der Waals surface area contributed by atoms with E-state index in [1.807, 2.05) is 43.3 Å². The lowest BCUT2D eigenvalue weighted by Gasteiger charge is -2.17. The number of benzene rings is 2. The molecule has 0 spiro atoms. The van der Waals surface area contributed by atoms with Gasteiger partial charge in [0.1, 0.15) is 6.04 Å². The van der Waals surface area contributed by atoms with Crippen LogP contribution in [0, 0.1) is 11.3 Å². The Kier molecular flexibility index (Phi) is 7.92. The van der Waals surface area contributed by atoms with Crippen molar-refractivity contribution in [1.29, 1.82) is 5.26 Å². The summed E-state index contributed by atoms with van der Waals surface area (Å²) in [7, 11) is 0. The summed E-state index contributed by atoms with van der Waals surface area (Å²) in [5.74, 6) is -1.42. The van der Waals surface area contributed by atoms with Crippen molar-refractivity contribution in [2.75, 3.05) is 0 Å². The number of primary amides is 1. The minimum Gasteiger partial charge on any atom is -0.368 e. The van der Waals surface area contributed by atoms with Gasteiger partial charge in [-0.15, -0.1) is 0 Å². The largest absolute Gasteiger partial charge is 0.368 e. The average Bonchev–Trinajstić information content (AvgIpc) is 2.72. The summed E-state index contributed by atoms with van der Waals surface area (Å²) in [6, 6.07) is 17.2. The third-order valence-electron chi connectivity index (χ3n) is 4.50. The molecule has 0 aliphatic heterocycles. The van der Waals surface area contributed by atoms with Gasteiger partial charge < -0.3 is 16.4 Å². The SMILES string of the molecule is C[C@@H](NC(=O)CCC(=O)N[C@@H](Cc1ccccc1C#N)C(N)=O)c1ccccc1. The summed E-state index contributed by atoms with van der Waals surface area (Å²) < 4.78 is 0. The molecule has 0 saturated carbocycles. The van der Waals surface area contributed by atoms with Gasteiger partial charge in [-0.2, -0.15) is 5.26 Å². The zero-order valence-electron chi connectivity index (χ0n) is 16.2. The van der Waals surface area contributed by atoms with Crippen LogP contribution in [0.1, 0.15) is 42.5 Å². The number of carbonyl (C=O) groups excluding carboxylic acids is 3. The van der Waals surface area contributed by atoms with Crippen molar-refractivity contribution in [3.05, 3.63) is 71.3 Å². The predicted octanol–water partition coefficient (Wildman–Crippen LogP) is 1.73. The normalized spacial score (nSPS) is 12.3. The molecule has 2 rings (SSSR count). The summed E-state index contributed by atoms with van der Waals surface area (Å²) in [5.41, 5.74) is 7.40. The third kappa shape index (κ3) is 6.78. The van der Waals surface area contributed by atoms with Gasteiger partial charge in [-0.05, 0) is 24.1 Å². The van der Waals surface area contributed by atoms with Crippen molar-refractivity contribution in [3.63, 3.8) is 0 Å². The van der Waals surface area contributed by atoms with Crippen LogP contribution in [0.4, 0.5) is 0 Å². The number of nitrogens with one attached hydrogen (secondary N) is 2. The first-order chi connectivity index (χ1) is 13.9. The Morgan fingerprint density at radius 3 is 2.17 bits per heavy atom. The van der Waals surface area contributed by atoms with Gasteiger partial charge in [-0.1, -0.05) is 48.5 Å². The molecule has 150 valence electrons. The molecule has 0 aliphatic rings. The molecule has 0 heterocycles. The van der Waals surface area contributed by atoms with E-state index in [-0.39, 0.29) is 31.2 Å². The molecule has 0 aromatic heterocycles. The molecule has 4 N–H and O–H groups in total. The Labute approximate surface area is 169 Å². The highest BCUT2D eigenvalue weighted by Gasteiger charge is 2.20. The van der Waals surface area contributed by atoms with Crippen LogP contribution in [-0.2, 0) is 20.8 Å². The lowest BCUT2D eigenvalue weighted by molar-refractivity contribution is -0.129. The third-order valence-corrected chi connectivity index (χ3v) is 4.50. The smallest absolute Gasteiger partial charge is 0.240 e. The molecule has 3 amide bonds. The fourth-order valence-corrected chi connectivity index (χ4v) is 2.88. The zero-order valence-corrected chi connectivity index (χ0v) is 16.2. The molecular formula is C22H24N4O3. The van der Waals surface area contributed by atoms with Crippen LogP contribution in [0.15, 0.2) is 54.6 Å². The maximum absolute atomic E-state index is 12.2. The molecule has 0 radical (unpaired) electrons. The number of amides is 3. The van der Waals surface area contributed by atoms with Gasteiger partial charge in [0.2, 0.25) is 17.7 Å². The predicted molar refractivity (Wildman–Crippen MR) is 108 cm³/mol. The Balaban J connectivity index is 1.86. The number of nitriles is 1. The average molecular weight is 392 g/mol. The van der Waals surface area contributed by atoms with Gasteiger partial charge in [-0.3, -0.25) is 14.4 Å². The topological polar surface area (TPSA) is 125 Å². The van der Waals surface area contributed by atoms with Crippen molar-refractivity contribution in [2.24, 2.45) is 5.73 Å². The van der Waals surface area contributed by atoms with Crippen LogP contribution < -0.4 is 16.4 Å². The van der Waals surface area contributed by atoms with Gasteiger partial charge >= 0.3 is 0 Å². The van der Waals surface area contributed by atoms with Crippen LogP contribution in [0.3, 0.4) is 0 Å². The van der Waals surface area contributed by atoms with E-state index in [1.165, 1.54) is 0 Å². The summed E-state index contributed by atoms with van der Waals surface area (Å²) in [6.07, 6.45) is 0.0301. The van der Waals surface area contributed by atoms with E-state index in [4.69, 9.17) is 11.0 Å². The molecule has 7 nitrogen and oxygen atoms in total. The van der Waals surface area contributed by atoms with Crippen molar-refractivity contribution < 1.29 is 14.4 Å². The first-order valence-corrected chi connectivity index (χ1v) is 9.31. The Bertz CT molecular complexity index is 906. The van der Waals surface area contributed by atoms with Gasteiger partial charge in [0.05, 0.1) is 17.7 Å². The fourth-order valence-electron chi connectivity index (χ4n) is 2.88. The van der Waals surface area contributed by atoms with Gasteiger partial charge in [0.15, 0.2) is 0 Å². The number of hydrogen-bond donors (Lipinski definition) is 3. The number of hydrogen-bond acceptors (Lipinski definition) is 4. The minimum absolute atomic E-state index is 0.0106. The van der Waals surface area contributed by atoms with Crippen LogP contribution in [0.5, 0.6) is 0 Å². The number of rotatable bonds is 9. The van der Waals surface area contributed by atoms with E-state index < -0.39 is 17.9 Å². The van der Waals surface area contributed by atoms with E-state index in [1.54, 1.807) is 24.3 Å². The van der Waals surface area contributed by atoms with Crippen LogP contribution in [-0.4, -0.2) is 23.8 Å². The maximum atomic E-state index is 12.2. The second kappa shape index (κ2) is 10.6.